The number of primary amides is 1. The lowest BCUT2D eigenvalue weighted by molar-refractivity contribution is -0.134. The van der Waals surface area contributed by atoms with E-state index in [9.17, 15) is 14.4 Å². The van der Waals surface area contributed by atoms with Crippen LogP contribution in [0, 0.1) is 0 Å². The highest BCUT2D eigenvalue weighted by Gasteiger charge is 2.42. The van der Waals surface area contributed by atoms with Crippen molar-refractivity contribution in [3.8, 4) is 0 Å². The molecule has 1 aromatic carbocycles. The lowest BCUT2D eigenvalue weighted by Gasteiger charge is -2.26. The van der Waals surface area contributed by atoms with Gasteiger partial charge >= 0.3 is 6.03 Å². The van der Waals surface area contributed by atoms with Crippen molar-refractivity contribution >= 4 is 58.4 Å². The zero-order valence-electron chi connectivity index (χ0n) is 16.7. The van der Waals surface area contributed by atoms with Crippen molar-refractivity contribution in [2.75, 3.05) is 17.5 Å². The molecule has 0 spiro atoms. The zero-order chi connectivity index (χ0) is 21.8. The number of amides is 3. The molecular weight excluding hydrogens is 438 g/mol. The number of para-hydroxylation sites is 1. The Bertz CT molecular complexity index is 977. The number of nitrogens with two attached hydrogens (primary N) is 1. The molecule has 2 aliphatic heterocycles. The number of benzene rings is 1. The third-order valence-electron chi connectivity index (χ3n) is 5.17. The highest BCUT2D eigenvalue weighted by Crippen LogP contribution is 2.29. The summed E-state index contributed by atoms with van der Waals surface area (Å²) in [6.45, 7) is 0. The van der Waals surface area contributed by atoms with Gasteiger partial charge in [-0.25, -0.2) is 10.2 Å². The Balaban J connectivity index is 1.37. The Labute approximate surface area is 187 Å². The smallest absolute Gasteiger partial charge is 0.332 e. The molecule has 1 aromatic heterocycles. The predicted octanol–water partition coefficient (Wildman–Crippen LogP) is 1.52. The third kappa shape index (κ3) is 5.05. The van der Waals surface area contributed by atoms with E-state index in [0.29, 0.717) is 30.3 Å². The van der Waals surface area contributed by atoms with Crippen LogP contribution in [0.25, 0.3) is 11.0 Å². The van der Waals surface area contributed by atoms with E-state index in [1.165, 1.54) is 18.0 Å². The normalized spacial score (nSPS) is 23.6. The molecule has 2 aromatic rings. The van der Waals surface area contributed by atoms with Gasteiger partial charge in [-0.1, -0.05) is 18.2 Å². The van der Waals surface area contributed by atoms with E-state index in [0.717, 1.165) is 16.7 Å². The van der Waals surface area contributed by atoms with Crippen LogP contribution >= 0.6 is 23.5 Å². The van der Waals surface area contributed by atoms with E-state index in [2.05, 4.69) is 15.8 Å². The van der Waals surface area contributed by atoms with Gasteiger partial charge in [-0.2, -0.15) is 5.10 Å². The number of hydrazone groups is 1. The van der Waals surface area contributed by atoms with Gasteiger partial charge in [-0.15, -0.1) is 23.5 Å². The average Bonchev–Trinajstić information content (AvgIpc) is 3.50. The van der Waals surface area contributed by atoms with Gasteiger partial charge in [0.2, 0.25) is 5.91 Å². The van der Waals surface area contributed by atoms with Gasteiger partial charge in [0.05, 0.1) is 17.2 Å². The number of fused-ring (bicyclic) bond motifs is 1. The summed E-state index contributed by atoms with van der Waals surface area (Å²) in [6, 6.07) is 8.09. The number of hydrogen-bond donors (Lipinski definition) is 3. The second-order valence-corrected chi connectivity index (χ2v) is 9.39. The highest BCUT2D eigenvalue weighted by molar-refractivity contribution is 8.01. The lowest BCUT2D eigenvalue weighted by Crippen LogP contribution is -2.52. The van der Waals surface area contributed by atoms with Crippen molar-refractivity contribution in [1.29, 1.82) is 0 Å². The molecule has 0 radical (unpaired) electrons. The molecule has 0 aliphatic carbocycles. The fraction of sp³-hybridized carbons (Fsp3) is 0.400. The van der Waals surface area contributed by atoms with Gasteiger partial charge in [-0.05, 0) is 12.1 Å². The third-order valence-corrected chi connectivity index (χ3v) is 7.44. The van der Waals surface area contributed by atoms with Crippen LogP contribution in [0.2, 0.25) is 0 Å². The van der Waals surface area contributed by atoms with Crippen LogP contribution in [0.3, 0.4) is 0 Å². The summed E-state index contributed by atoms with van der Waals surface area (Å²) in [5.74, 6) is 2.38. The SMILES string of the molecule is NC(=O)NN=C[C@@H]1CSCN1C(=O)[C@H]1NCSC1C(=O)CCc1cc2ccccc2o1. The van der Waals surface area contributed by atoms with Crippen LogP contribution < -0.4 is 16.5 Å². The Hall–Kier alpha value is -2.50. The molecule has 31 heavy (non-hydrogen) atoms. The molecule has 4 N–H and O–H groups in total. The van der Waals surface area contributed by atoms with Gasteiger partial charge in [-0.3, -0.25) is 14.9 Å². The Morgan fingerprint density at radius 2 is 2.19 bits per heavy atom. The summed E-state index contributed by atoms with van der Waals surface area (Å²) < 4.78 is 5.80. The standard InChI is InChI=1S/C20H23N5O4S2/c21-20(28)24-23-8-13-9-30-11-25(13)19(27)17-18(31-10-22-17)15(26)6-5-14-7-12-3-1-2-4-16(12)29-14/h1-4,7-8,13,17-18,22H,5-6,9-11H2,(H3,21,24,28)/t13-,17+,18?/m1/s1. The van der Waals surface area contributed by atoms with Crippen molar-refractivity contribution in [3.05, 3.63) is 36.1 Å². The molecular formula is C20H23N5O4S2. The number of urea groups is 1. The topological polar surface area (TPSA) is 130 Å². The molecule has 9 nitrogen and oxygen atoms in total. The van der Waals surface area contributed by atoms with Crippen LogP contribution in [0.15, 0.2) is 39.9 Å². The highest BCUT2D eigenvalue weighted by atomic mass is 32.2. The molecule has 0 saturated carbocycles. The number of aryl methyl sites for hydroxylation is 1. The van der Waals surface area contributed by atoms with E-state index in [1.54, 1.807) is 16.7 Å². The number of carbonyl (C=O) groups excluding carboxylic acids is 3. The summed E-state index contributed by atoms with van der Waals surface area (Å²) in [5.41, 5.74) is 7.96. The van der Waals surface area contributed by atoms with Crippen LogP contribution in [-0.2, 0) is 16.0 Å². The van der Waals surface area contributed by atoms with Gasteiger partial charge in [0.25, 0.3) is 0 Å². The summed E-state index contributed by atoms with van der Waals surface area (Å²) in [4.78, 5) is 38.5. The van der Waals surface area contributed by atoms with E-state index < -0.39 is 17.3 Å². The fourth-order valence-corrected chi connectivity index (χ4v) is 5.94. The summed E-state index contributed by atoms with van der Waals surface area (Å²) in [6.07, 6.45) is 2.31. The second kappa shape index (κ2) is 9.75. The maximum Gasteiger partial charge on any atom is 0.332 e. The number of Topliss-reactive ketones (excluding diaryl/α,β-unsaturated/α-hetero) is 1. The molecule has 11 heteroatoms. The first kappa shape index (κ1) is 21.7. The number of thioether (sulfide) groups is 2. The Kier molecular flexibility index (Phi) is 6.83. The largest absolute Gasteiger partial charge is 0.461 e. The maximum absolute atomic E-state index is 13.2. The predicted molar refractivity (Wildman–Crippen MR) is 122 cm³/mol. The average molecular weight is 462 g/mol. The first-order valence-corrected chi connectivity index (χ1v) is 12.1. The van der Waals surface area contributed by atoms with E-state index >= 15 is 0 Å². The monoisotopic (exact) mass is 461 g/mol. The number of furan rings is 1. The number of hydrogen-bond acceptors (Lipinski definition) is 8. The molecule has 2 aliphatic rings. The quantitative estimate of drug-likeness (QED) is 0.421. The molecule has 164 valence electrons. The van der Waals surface area contributed by atoms with Crippen LogP contribution in [-0.4, -0.2) is 63.7 Å². The zero-order valence-corrected chi connectivity index (χ0v) is 18.3. The molecule has 2 saturated heterocycles. The van der Waals surface area contributed by atoms with E-state index in [4.69, 9.17) is 10.2 Å². The number of ketones is 1. The minimum absolute atomic E-state index is 0.0290. The molecule has 1 unspecified atom stereocenters. The minimum atomic E-state index is -0.760. The Morgan fingerprint density at radius 1 is 1.35 bits per heavy atom. The van der Waals surface area contributed by atoms with Crippen molar-refractivity contribution < 1.29 is 18.8 Å². The van der Waals surface area contributed by atoms with E-state index in [-0.39, 0.29) is 17.7 Å². The lowest BCUT2D eigenvalue weighted by atomic mass is 10.0. The second-order valence-electron chi connectivity index (χ2n) is 7.26. The fourth-order valence-electron chi connectivity index (χ4n) is 3.65. The molecule has 3 amide bonds. The van der Waals surface area contributed by atoms with Crippen LogP contribution in [0.5, 0.6) is 0 Å². The van der Waals surface area contributed by atoms with Crippen molar-refractivity contribution in [2.24, 2.45) is 10.8 Å². The summed E-state index contributed by atoms with van der Waals surface area (Å²) >= 11 is 3.05. The first-order valence-electron chi connectivity index (χ1n) is 9.85. The van der Waals surface area contributed by atoms with Crippen molar-refractivity contribution in [2.45, 2.75) is 30.2 Å². The molecule has 3 heterocycles. The van der Waals surface area contributed by atoms with Gasteiger partial charge in [0.15, 0.2) is 0 Å². The molecule has 3 atom stereocenters. The molecule has 4 rings (SSSR count). The van der Waals surface area contributed by atoms with Crippen LogP contribution in [0.4, 0.5) is 4.79 Å². The van der Waals surface area contributed by atoms with E-state index in [1.807, 2.05) is 30.3 Å². The Morgan fingerprint density at radius 3 is 3.00 bits per heavy atom. The van der Waals surface area contributed by atoms with Crippen molar-refractivity contribution in [3.63, 3.8) is 0 Å². The number of nitrogens with one attached hydrogen (secondary N) is 2. The van der Waals surface area contributed by atoms with Gasteiger partial charge < -0.3 is 15.1 Å². The number of rotatable bonds is 7. The first-order chi connectivity index (χ1) is 15.0. The summed E-state index contributed by atoms with van der Waals surface area (Å²) in [7, 11) is 0. The van der Waals surface area contributed by atoms with Crippen molar-refractivity contribution in [1.82, 2.24) is 15.6 Å². The molecule has 2 fully saturated rings. The van der Waals surface area contributed by atoms with Gasteiger partial charge in [0, 0.05) is 36.1 Å². The maximum atomic E-state index is 13.2. The minimum Gasteiger partial charge on any atom is -0.461 e. The summed E-state index contributed by atoms with van der Waals surface area (Å²) in [5, 5.41) is 7.52. The van der Waals surface area contributed by atoms with Crippen LogP contribution in [0.1, 0.15) is 12.2 Å². The van der Waals surface area contributed by atoms with Gasteiger partial charge in [0.1, 0.15) is 23.2 Å². The number of carbonyl (C=O) groups is 3. The molecule has 0 bridgehead atoms. The number of nitrogens with zero attached hydrogens (tertiary/aromatic N) is 2.